The fourth-order valence-corrected chi connectivity index (χ4v) is 2.61. The molecule has 1 amide bonds. The minimum atomic E-state index is -0.0792. The second-order valence-electron chi connectivity index (χ2n) is 6.25. The third-order valence-electron chi connectivity index (χ3n) is 4.36. The van der Waals surface area contributed by atoms with Crippen molar-refractivity contribution in [2.45, 2.75) is 19.8 Å². The van der Waals surface area contributed by atoms with Crippen LogP contribution in [0.5, 0.6) is 5.75 Å². The van der Waals surface area contributed by atoms with Gasteiger partial charge in [-0.3, -0.25) is 4.79 Å². The van der Waals surface area contributed by atoms with Gasteiger partial charge < -0.3 is 20.7 Å². The van der Waals surface area contributed by atoms with Crippen LogP contribution in [0.2, 0.25) is 0 Å². The van der Waals surface area contributed by atoms with Crippen LogP contribution in [-0.2, 0) is 0 Å². The molecule has 5 nitrogen and oxygen atoms in total. The number of likely N-dealkylation sites (tertiary alicyclic amines) is 1. The van der Waals surface area contributed by atoms with Gasteiger partial charge in [-0.1, -0.05) is 6.92 Å². The van der Waals surface area contributed by atoms with Crippen molar-refractivity contribution >= 4 is 11.6 Å². The van der Waals surface area contributed by atoms with Crippen molar-refractivity contribution in [1.82, 2.24) is 10.2 Å². The van der Waals surface area contributed by atoms with Crippen molar-refractivity contribution in [3.05, 3.63) is 23.8 Å². The first kappa shape index (κ1) is 15.6. The Morgan fingerprint density at radius 1 is 1.43 bits per heavy atom. The standard InChI is InChI=1S/C16H25N3O2/c1-16(6-8-19(2)9-7-16)11-18-15(20)12-4-5-14(21-3)13(17)10-12/h4-5,10H,6-9,11,17H2,1-3H3,(H,18,20). The molecule has 0 spiro atoms. The van der Waals surface area contributed by atoms with Crippen molar-refractivity contribution in [2.75, 3.05) is 39.5 Å². The summed E-state index contributed by atoms with van der Waals surface area (Å²) in [6.07, 6.45) is 2.21. The molecule has 5 heteroatoms. The molecule has 1 heterocycles. The van der Waals surface area contributed by atoms with E-state index in [1.54, 1.807) is 25.3 Å². The van der Waals surface area contributed by atoms with Gasteiger partial charge in [0.05, 0.1) is 12.8 Å². The topological polar surface area (TPSA) is 67.6 Å². The molecule has 0 atom stereocenters. The highest BCUT2D eigenvalue weighted by atomic mass is 16.5. The van der Waals surface area contributed by atoms with Crippen LogP contribution in [0.1, 0.15) is 30.1 Å². The van der Waals surface area contributed by atoms with E-state index in [0.29, 0.717) is 23.5 Å². The number of ether oxygens (including phenoxy) is 1. The third kappa shape index (κ3) is 3.88. The lowest BCUT2D eigenvalue weighted by molar-refractivity contribution is 0.0891. The number of nitrogens with two attached hydrogens (primary N) is 1. The zero-order valence-corrected chi connectivity index (χ0v) is 13.1. The molecule has 0 bridgehead atoms. The quantitative estimate of drug-likeness (QED) is 0.829. The van der Waals surface area contributed by atoms with Crippen LogP contribution in [0, 0.1) is 5.41 Å². The second kappa shape index (κ2) is 6.35. The van der Waals surface area contributed by atoms with Gasteiger partial charge >= 0.3 is 0 Å². The average molecular weight is 291 g/mol. The predicted molar refractivity (Wildman–Crippen MR) is 84.6 cm³/mol. The summed E-state index contributed by atoms with van der Waals surface area (Å²) < 4.78 is 5.10. The highest BCUT2D eigenvalue weighted by Gasteiger charge is 2.29. The smallest absolute Gasteiger partial charge is 0.251 e. The Labute approximate surface area is 126 Å². The fourth-order valence-electron chi connectivity index (χ4n) is 2.61. The average Bonchev–Trinajstić information content (AvgIpc) is 2.48. The molecular weight excluding hydrogens is 266 g/mol. The van der Waals surface area contributed by atoms with Crippen LogP contribution in [-0.4, -0.2) is 44.6 Å². The minimum Gasteiger partial charge on any atom is -0.495 e. The van der Waals surface area contributed by atoms with E-state index in [-0.39, 0.29) is 11.3 Å². The zero-order chi connectivity index (χ0) is 15.5. The van der Waals surface area contributed by atoms with E-state index in [0.717, 1.165) is 25.9 Å². The molecule has 0 aromatic heterocycles. The van der Waals surface area contributed by atoms with Gasteiger partial charge in [-0.15, -0.1) is 0 Å². The Morgan fingerprint density at radius 2 is 2.10 bits per heavy atom. The van der Waals surface area contributed by atoms with Gasteiger partial charge in [0.15, 0.2) is 0 Å². The van der Waals surface area contributed by atoms with Crippen LogP contribution in [0.15, 0.2) is 18.2 Å². The predicted octanol–water partition coefficient (Wildman–Crippen LogP) is 1.74. The van der Waals surface area contributed by atoms with Gasteiger partial charge in [-0.2, -0.15) is 0 Å². The van der Waals surface area contributed by atoms with Crippen molar-refractivity contribution in [2.24, 2.45) is 5.41 Å². The first-order valence-corrected chi connectivity index (χ1v) is 7.34. The van der Waals surface area contributed by atoms with Crippen molar-refractivity contribution in [1.29, 1.82) is 0 Å². The molecule has 0 unspecified atom stereocenters. The molecule has 1 fully saturated rings. The maximum atomic E-state index is 12.2. The summed E-state index contributed by atoms with van der Waals surface area (Å²) in [6.45, 7) is 5.11. The Bertz CT molecular complexity index is 508. The summed E-state index contributed by atoms with van der Waals surface area (Å²) in [5, 5.41) is 3.03. The monoisotopic (exact) mass is 291 g/mol. The van der Waals surface area contributed by atoms with Crippen LogP contribution < -0.4 is 15.8 Å². The summed E-state index contributed by atoms with van der Waals surface area (Å²) in [6, 6.07) is 5.12. The number of hydrogen-bond acceptors (Lipinski definition) is 4. The van der Waals surface area contributed by atoms with E-state index >= 15 is 0 Å². The summed E-state index contributed by atoms with van der Waals surface area (Å²) >= 11 is 0. The van der Waals surface area contributed by atoms with Crippen molar-refractivity contribution < 1.29 is 9.53 Å². The Balaban J connectivity index is 1.94. The maximum Gasteiger partial charge on any atom is 0.251 e. The van der Waals surface area contributed by atoms with E-state index in [4.69, 9.17) is 10.5 Å². The first-order chi connectivity index (χ1) is 9.93. The number of piperidine rings is 1. The second-order valence-corrected chi connectivity index (χ2v) is 6.25. The fraction of sp³-hybridized carbons (Fsp3) is 0.562. The summed E-state index contributed by atoms with van der Waals surface area (Å²) in [5.41, 5.74) is 7.08. The molecule has 0 radical (unpaired) electrons. The molecule has 1 aliphatic heterocycles. The van der Waals surface area contributed by atoms with E-state index in [1.165, 1.54) is 0 Å². The van der Waals surface area contributed by atoms with Gasteiger partial charge in [-0.05, 0) is 56.6 Å². The molecule has 1 saturated heterocycles. The molecule has 0 saturated carbocycles. The number of methoxy groups -OCH3 is 1. The Kier molecular flexibility index (Phi) is 4.73. The molecule has 1 aromatic rings. The lowest BCUT2D eigenvalue weighted by Gasteiger charge is -2.37. The molecule has 1 aromatic carbocycles. The number of benzene rings is 1. The number of nitrogen functional groups attached to an aromatic ring is 1. The lowest BCUT2D eigenvalue weighted by Crippen LogP contribution is -2.43. The number of carbonyl (C=O) groups is 1. The van der Waals surface area contributed by atoms with E-state index in [2.05, 4.69) is 24.2 Å². The van der Waals surface area contributed by atoms with Gasteiger partial charge in [0.2, 0.25) is 0 Å². The van der Waals surface area contributed by atoms with E-state index in [1.807, 2.05) is 0 Å². The zero-order valence-electron chi connectivity index (χ0n) is 13.1. The van der Waals surface area contributed by atoms with Gasteiger partial charge in [0, 0.05) is 12.1 Å². The SMILES string of the molecule is COc1ccc(C(=O)NCC2(C)CCN(C)CC2)cc1N. The number of rotatable bonds is 4. The number of amides is 1. The van der Waals surface area contributed by atoms with Crippen molar-refractivity contribution in [3.63, 3.8) is 0 Å². The summed E-state index contributed by atoms with van der Waals surface area (Å²) in [7, 11) is 3.70. The molecule has 1 aliphatic rings. The minimum absolute atomic E-state index is 0.0792. The van der Waals surface area contributed by atoms with Crippen molar-refractivity contribution in [3.8, 4) is 5.75 Å². The lowest BCUT2D eigenvalue weighted by atomic mass is 9.80. The summed E-state index contributed by atoms with van der Waals surface area (Å²) in [4.78, 5) is 14.6. The Morgan fingerprint density at radius 3 is 2.67 bits per heavy atom. The highest BCUT2D eigenvalue weighted by molar-refractivity contribution is 5.95. The number of nitrogens with one attached hydrogen (secondary N) is 1. The van der Waals surface area contributed by atoms with Gasteiger partial charge in [0.25, 0.3) is 5.91 Å². The molecule has 3 N–H and O–H groups in total. The van der Waals surface area contributed by atoms with Crippen LogP contribution in [0.25, 0.3) is 0 Å². The van der Waals surface area contributed by atoms with Gasteiger partial charge in [-0.25, -0.2) is 0 Å². The number of anilines is 1. The molecular formula is C16H25N3O2. The van der Waals surface area contributed by atoms with Gasteiger partial charge in [0.1, 0.15) is 5.75 Å². The van der Waals surface area contributed by atoms with E-state index < -0.39 is 0 Å². The largest absolute Gasteiger partial charge is 0.495 e. The maximum absolute atomic E-state index is 12.2. The summed E-state index contributed by atoms with van der Waals surface area (Å²) in [5.74, 6) is 0.512. The van der Waals surface area contributed by atoms with E-state index in [9.17, 15) is 4.79 Å². The Hall–Kier alpha value is -1.75. The number of nitrogens with zero attached hydrogens (tertiary/aromatic N) is 1. The number of hydrogen-bond donors (Lipinski definition) is 2. The van der Waals surface area contributed by atoms with Crippen LogP contribution in [0.3, 0.4) is 0 Å². The first-order valence-electron chi connectivity index (χ1n) is 7.34. The highest BCUT2D eigenvalue weighted by Crippen LogP contribution is 2.29. The van der Waals surface area contributed by atoms with Crippen LogP contribution in [0.4, 0.5) is 5.69 Å². The number of carbonyl (C=O) groups excluding carboxylic acids is 1. The molecule has 116 valence electrons. The molecule has 0 aliphatic carbocycles. The molecule has 21 heavy (non-hydrogen) atoms. The van der Waals surface area contributed by atoms with Crippen LogP contribution >= 0.6 is 0 Å². The molecule has 2 rings (SSSR count). The third-order valence-corrected chi connectivity index (χ3v) is 4.36. The normalized spacial score (nSPS) is 18.2.